The molecule has 0 aliphatic carbocycles. The van der Waals surface area contributed by atoms with Crippen LogP contribution in [0.2, 0.25) is 0 Å². The second kappa shape index (κ2) is 8.78. The largest absolute Gasteiger partial charge is 0.481 e. The Morgan fingerprint density at radius 2 is 1.78 bits per heavy atom. The molecule has 0 aromatic rings. The molecule has 0 heterocycles. The number of carbonyl (C=O) groups excluding carboxylic acids is 1. The van der Waals surface area contributed by atoms with Crippen LogP contribution in [0, 0.1) is 11.8 Å². The number of carboxylic acids is 1. The molecule has 0 aromatic carbocycles. The first-order valence-corrected chi connectivity index (χ1v) is 6.71. The first kappa shape index (κ1) is 16.7. The van der Waals surface area contributed by atoms with Crippen LogP contribution in [-0.4, -0.2) is 41.6 Å². The van der Waals surface area contributed by atoms with E-state index in [-0.39, 0.29) is 12.6 Å². The summed E-state index contributed by atoms with van der Waals surface area (Å²) in [5, 5.41) is 11.4. The molecule has 106 valence electrons. The van der Waals surface area contributed by atoms with E-state index in [1.807, 2.05) is 6.92 Å². The van der Waals surface area contributed by atoms with Gasteiger partial charge in [-0.05, 0) is 12.8 Å². The number of nitrogens with one attached hydrogen (secondary N) is 1. The van der Waals surface area contributed by atoms with Crippen molar-refractivity contribution in [3.63, 3.8) is 0 Å². The van der Waals surface area contributed by atoms with Gasteiger partial charge in [-0.15, -0.1) is 0 Å². The zero-order valence-corrected chi connectivity index (χ0v) is 11.9. The first-order chi connectivity index (χ1) is 8.46. The van der Waals surface area contributed by atoms with E-state index in [2.05, 4.69) is 19.2 Å². The molecule has 0 fully saturated rings. The highest BCUT2D eigenvalue weighted by Crippen LogP contribution is 2.09. The third-order valence-corrected chi connectivity index (χ3v) is 3.28. The molecule has 18 heavy (non-hydrogen) atoms. The maximum Gasteiger partial charge on any atom is 0.317 e. The third-order valence-electron chi connectivity index (χ3n) is 3.28. The van der Waals surface area contributed by atoms with Gasteiger partial charge < -0.3 is 15.3 Å². The van der Waals surface area contributed by atoms with Crippen molar-refractivity contribution in [1.82, 2.24) is 10.2 Å². The number of hydrogen-bond acceptors (Lipinski definition) is 2. The maximum atomic E-state index is 11.9. The van der Waals surface area contributed by atoms with Gasteiger partial charge in [0, 0.05) is 19.6 Å². The van der Waals surface area contributed by atoms with Gasteiger partial charge in [-0.25, -0.2) is 4.79 Å². The van der Waals surface area contributed by atoms with Crippen molar-refractivity contribution in [2.45, 2.75) is 40.5 Å². The Kier molecular flexibility index (Phi) is 8.16. The Hall–Kier alpha value is -1.26. The molecule has 0 aliphatic heterocycles. The highest BCUT2D eigenvalue weighted by molar-refractivity contribution is 5.75. The molecule has 0 saturated carbocycles. The second-order valence-corrected chi connectivity index (χ2v) is 4.65. The van der Waals surface area contributed by atoms with Gasteiger partial charge in [0.05, 0.1) is 5.92 Å². The molecule has 1 atom stereocenters. The van der Waals surface area contributed by atoms with E-state index < -0.39 is 11.9 Å². The number of rotatable bonds is 8. The number of nitrogens with zero attached hydrogens (tertiary/aromatic N) is 1. The predicted octanol–water partition coefficient (Wildman–Crippen LogP) is 2.17. The van der Waals surface area contributed by atoms with Crippen molar-refractivity contribution in [2.24, 2.45) is 11.8 Å². The molecule has 0 rings (SSSR count). The molecule has 0 saturated heterocycles. The van der Waals surface area contributed by atoms with Crippen LogP contribution in [0.25, 0.3) is 0 Å². The number of urea groups is 1. The van der Waals surface area contributed by atoms with Gasteiger partial charge in [-0.2, -0.15) is 0 Å². The maximum absolute atomic E-state index is 11.9. The summed E-state index contributed by atoms with van der Waals surface area (Å²) in [6.45, 7) is 9.30. The average Bonchev–Trinajstić information content (AvgIpc) is 2.36. The van der Waals surface area contributed by atoms with Gasteiger partial charge in [0.1, 0.15) is 0 Å². The fraction of sp³-hybridized carbons (Fsp3) is 0.846. The van der Waals surface area contributed by atoms with E-state index in [9.17, 15) is 9.59 Å². The zero-order valence-electron chi connectivity index (χ0n) is 11.9. The van der Waals surface area contributed by atoms with Crippen LogP contribution >= 0.6 is 0 Å². The molecular formula is C13H26N2O3. The molecule has 5 nitrogen and oxygen atoms in total. The Bertz CT molecular complexity index is 265. The summed E-state index contributed by atoms with van der Waals surface area (Å²) in [4.78, 5) is 24.3. The zero-order chi connectivity index (χ0) is 14.1. The molecule has 0 aromatic heterocycles. The van der Waals surface area contributed by atoms with Crippen molar-refractivity contribution in [2.75, 3.05) is 19.6 Å². The van der Waals surface area contributed by atoms with Crippen molar-refractivity contribution in [1.29, 1.82) is 0 Å². The van der Waals surface area contributed by atoms with Crippen LogP contribution in [-0.2, 0) is 4.79 Å². The minimum Gasteiger partial charge on any atom is -0.481 e. The molecule has 0 bridgehead atoms. The monoisotopic (exact) mass is 258 g/mol. The van der Waals surface area contributed by atoms with Crippen molar-refractivity contribution < 1.29 is 14.7 Å². The van der Waals surface area contributed by atoms with E-state index in [0.29, 0.717) is 12.5 Å². The van der Waals surface area contributed by atoms with Gasteiger partial charge in [0.25, 0.3) is 0 Å². The Labute approximate surface area is 110 Å². The van der Waals surface area contributed by atoms with Gasteiger partial charge >= 0.3 is 12.0 Å². The normalized spacial score (nSPS) is 12.3. The summed E-state index contributed by atoms with van der Waals surface area (Å²) in [6.07, 6.45) is 2.09. The summed E-state index contributed by atoms with van der Waals surface area (Å²) < 4.78 is 0. The number of aliphatic carboxylic acids is 1. The highest BCUT2D eigenvalue weighted by atomic mass is 16.4. The summed E-state index contributed by atoms with van der Waals surface area (Å²) in [6, 6.07) is -0.169. The lowest BCUT2D eigenvalue weighted by Gasteiger charge is -2.26. The van der Waals surface area contributed by atoms with Crippen LogP contribution in [0.1, 0.15) is 40.5 Å². The molecule has 2 amide bonds. The topological polar surface area (TPSA) is 69.6 Å². The third kappa shape index (κ3) is 5.89. The summed E-state index contributed by atoms with van der Waals surface area (Å²) >= 11 is 0. The lowest BCUT2D eigenvalue weighted by Crippen LogP contribution is -2.44. The smallest absolute Gasteiger partial charge is 0.317 e. The average molecular weight is 258 g/mol. The van der Waals surface area contributed by atoms with Gasteiger partial charge in [-0.1, -0.05) is 33.6 Å². The minimum absolute atomic E-state index is 0.169. The van der Waals surface area contributed by atoms with Gasteiger partial charge in [0.2, 0.25) is 0 Å². The van der Waals surface area contributed by atoms with Crippen LogP contribution < -0.4 is 5.32 Å². The van der Waals surface area contributed by atoms with Gasteiger partial charge in [-0.3, -0.25) is 4.79 Å². The standard InChI is InChI=1S/C13H26N2O3/c1-5-11(6-2)9-15(7-3)13(18)14-8-10(4)12(16)17/h10-11H,5-9H2,1-4H3,(H,14,18)(H,16,17). The first-order valence-electron chi connectivity index (χ1n) is 6.71. The van der Waals surface area contributed by atoms with Crippen molar-refractivity contribution >= 4 is 12.0 Å². The SMILES string of the molecule is CCC(CC)CN(CC)C(=O)NCC(C)C(=O)O. The van der Waals surface area contributed by atoms with E-state index in [1.165, 1.54) is 0 Å². The summed E-state index contributed by atoms with van der Waals surface area (Å²) in [5.41, 5.74) is 0. The number of amides is 2. The van der Waals surface area contributed by atoms with Crippen molar-refractivity contribution in [3.8, 4) is 0 Å². The Balaban J connectivity index is 4.22. The fourth-order valence-corrected chi connectivity index (χ4v) is 1.65. The van der Waals surface area contributed by atoms with Crippen LogP contribution in [0.4, 0.5) is 4.79 Å². The van der Waals surface area contributed by atoms with E-state index in [0.717, 1.165) is 19.4 Å². The molecule has 2 N–H and O–H groups in total. The molecule has 0 aliphatic rings. The molecule has 0 spiro atoms. The van der Waals surface area contributed by atoms with Crippen molar-refractivity contribution in [3.05, 3.63) is 0 Å². The minimum atomic E-state index is -0.890. The number of carboxylic acid groups (broad SMARTS) is 1. The Morgan fingerprint density at radius 1 is 1.22 bits per heavy atom. The quantitative estimate of drug-likeness (QED) is 0.701. The molecule has 0 radical (unpaired) electrons. The van der Waals surface area contributed by atoms with Crippen LogP contribution in [0.5, 0.6) is 0 Å². The van der Waals surface area contributed by atoms with Crippen LogP contribution in [0.3, 0.4) is 0 Å². The van der Waals surface area contributed by atoms with Gasteiger partial charge in [0.15, 0.2) is 0 Å². The second-order valence-electron chi connectivity index (χ2n) is 4.65. The Morgan fingerprint density at radius 3 is 2.17 bits per heavy atom. The van der Waals surface area contributed by atoms with E-state index >= 15 is 0 Å². The molecule has 5 heteroatoms. The fourth-order valence-electron chi connectivity index (χ4n) is 1.65. The van der Waals surface area contributed by atoms with E-state index in [1.54, 1.807) is 11.8 Å². The number of hydrogen-bond donors (Lipinski definition) is 2. The summed E-state index contributed by atoms with van der Waals surface area (Å²) in [7, 11) is 0. The van der Waals surface area contributed by atoms with E-state index in [4.69, 9.17) is 5.11 Å². The molecule has 1 unspecified atom stereocenters. The molecular weight excluding hydrogens is 232 g/mol. The highest BCUT2D eigenvalue weighted by Gasteiger charge is 2.17. The lowest BCUT2D eigenvalue weighted by molar-refractivity contribution is -0.140. The summed E-state index contributed by atoms with van der Waals surface area (Å²) in [5.74, 6) is -0.938. The lowest BCUT2D eigenvalue weighted by atomic mass is 10.0. The number of carbonyl (C=O) groups is 2. The predicted molar refractivity (Wildman–Crippen MR) is 71.5 cm³/mol. The van der Waals surface area contributed by atoms with Crippen LogP contribution in [0.15, 0.2) is 0 Å².